The van der Waals surface area contributed by atoms with Crippen molar-refractivity contribution in [3.8, 4) is 5.88 Å². The number of halogens is 1. The summed E-state index contributed by atoms with van der Waals surface area (Å²) in [6.07, 6.45) is 4.83. The molecule has 0 bridgehead atoms. The van der Waals surface area contributed by atoms with E-state index in [1.54, 1.807) is 31.4 Å². The van der Waals surface area contributed by atoms with Gasteiger partial charge < -0.3 is 15.0 Å². The number of rotatable bonds is 6. The van der Waals surface area contributed by atoms with E-state index < -0.39 is 10.0 Å². The molecular weight excluding hydrogens is 438 g/mol. The Balaban J connectivity index is 1.65. The van der Waals surface area contributed by atoms with Crippen LogP contribution >= 0.6 is 11.6 Å². The number of ether oxygens (including phenoxy) is 1. The monoisotopic (exact) mass is 465 g/mol. The topological polar surface area (TPSA) is 95.9 Å². The first kappa shape index (κ1) is 23.1. The average molecular weight is 466 g/mol. The number of aromatic nitrogens is 1. The van der Waals surface area contributed by atoms with Crippen molar-refractivity contribution in [1.29, 1.82) is 0 Å². The molecule has 1 atom stereocenters. The number of pyridine rings is 1. The number of hydrogen-bond donors (Lipinski definition) is 2. The highest BCUT2D eigenvalue weighted by Crippen LogP contribution is 2.27. The summed E-state index contributed by atoms with van der Waals surface area (Å²) < 4.78 is 31.2. The van der Waals surface area contributed by atoms with Crippen molar-refractivity contribution in [1.82, 2.24) is 9.71 Å². The number of methoxy groups -OCH3 is 1. The maximum absolute atomic E-state index is 11.8. The van der Waals surface area contributed by atoms with E-state index in [1.165, 1.54) is 0 Å². The molecule has 1 aromatic heterocycles. The molecule has 3 rings (SSSR count). The van der Waals surface area contributed by atoms with Gasteiger partial charge in [-0.15, -0.1) is 0 Å². The Morgan fingerprint density at radius 1 is 1.23 bits per heavy atom. The van der Waals surface area contributed by atoms with Gasteiger partial charge in [-0.25, -0.2) is 18.4 Å². The molecule has 1 aliphatic rings. The second-order valence-corrected chi connectivity index (χ2v) is 9.79. The van der Waals surface area contributed by atoms with Crippen LogP contribution in [0.3, 0.4) is 0 Å². The van der Waals surface area contributed by atoms with Crippen molar-refractivity contribution in [3.05, 3.63) is 47.6 Å². The fourth-order valence-corrected chi connectivity index (χ4v) is 4.14. The van der Waals surface area contributed by atoms with E-state index in [1.807, 2.05) is 25.3 Å². The Morgan fingerprint density at radius 3 is 2.45 bits per heavy atom. The average Bonchev–Trinajstić information content (AvgIpc) is 2.74. The fourth-order valence-electron chi connectivity index (χ4n) is 3.56. The van der Waals surface area contributed by atoms with Gasteiger partial charge in [0.15, 0.2) is 0 Å². The third-order valence-corrected chi connectivity index (χ3v) is 6.05. The smallest absolute Gasteiger partial charge is 0.232 e. The lowest BCUT2D eigenvalue weighted by molar-refractivity contribution is 0.355. The Hall–Kier alpha value is -2.52. The van der Waals surface area contributed by atoms with Crippen molar-refractivity contribution < 1.29 is 13.2 Å². The lowest BCUT2D eigenvalue weighted by Crippen LogP contribution is -2.39. The van der Waals surface area contributed by atoms with Crippen LogP contribution in [0.5, 0.6) is 5.88 Å². The highest BCUT2D eigenvalue weighted by Gasteiger charge is 2.25. The summed E-state index contributed by atoms with van der Waals surface area (Å²) in [5.41, 5.74) is 1.77. The summed E-state index contributed by atoms with van der Waals surface area (Å²) in [6, 6.07) is 10.8. The molecule has 0 radical (unpaired) electrons. The third-order valence-electron chi connectivity index (χ3n) is 5.24. The second-order valence-electron chi connectivity index (χ2n) is 7.61. The van der Waals surface area contributed by atoms with E-state index in [2.05, 4.69) is 24.9 Å². The quantitative estimate of drug-likeness (QED) is 0.501. The van der Waals surface area contributed by atoms with Crippen LogP contribution in [-0.2, 0) is 10.0 Å². The Morgan fingerprint density at radius 2 is 1.90 bits per heavy atom. The molecule has 0 aliphatic carbocycles. The molecular formula is C21H28ClN5O3S. The number of nitrogens with zero attached hydrogens (tertiary/aromatic N) is 3. The molecule has 0 saturated carbocycles. The first-order valence-corrected chi connectivity index (χ1v) is 12.3. The third kappa shape index (κ3) is 7.00. The van der Waals surface area contributed by atoms with Gasteiger partial charge in [-0.2, -0.15) is 0 Å². The zero-order valence-corrected chi connectivity index (χ0v) is 19.4. The van der Waals surface area contributed by atoms with Crippen LogP contribution in [-0.4, -0.2) is 51.9 Å². The van der Waals surface area contributed by atoms with Crippen LogP contribution in [0.4, 0.5) is 11.4 Å². The predicted octanol–water partition coefficient (Wildman–Crippen LogP) is 3.37. The summed E-state index contributed by atoms with van der Waals surface area (Å²) >= 11 is 5.93. The number of sulfonamides is 1. The van der Waals surface area contributed by atoms with Gasteiger partial charge in [0.1, 0.15) is 0 Å². The summed E-state index contributed by atoms with van der Waals surface area (Å²) in [5.74, 6) is 1.14. The SMILES string of the molecule is COc1ccc(N2CCC(C(C)N=C(Nc3ccc(Cl)cc3)NS(C)(=O)=O)CC2)cn1. The first-order valence-electron chi connectivity index (χ1n) is 10.1. The van der Waals surface area contributed by atoms with Gasteiger partial charge in [0.05, 0.1) is 31.3 Å². The van der Waals surface area contributed by atoms with Gasteiger partial charge in [0, 0.05) is 29.9 Å². The zero-order chi connectivity index (χ0) is 22.4. The molecule has 1 aromatic carbocycles. The molecule has 2 N–H and O–H groups in total. The van der Waals surface area contributed by atoms with Crippen molar-refractivity contribution >= 4 is 39.0 Å². The minimum absolute atomic E-state index is 0.0554. The maximum Gasteiger partial charge on any atom is 0.232 e. The first-order chi connectivity index (χ1) is 14.7. The molecule has 10 heteroatoms. The molecule has 2 heterocycles. The molecule has 8 nitrogen and oxygen atoms in total. The molecule has 2 aromatic rings. The van der Waals surface area contributed by atoms with Crippen LogP contribution in [0.15, 0.2) is 47.6 Å². The summed E-state index contributed by atoms with van der Waals surface area (Å²) in [4.78, 5) is 11.2. The number of anilines is 2. The highest BCUT2D eigenvalue weighted by atomic mass is 35.5. The maximum atomic E-state index is 11.8. The Bertz CT molecular complexity index is 989. The second kappa shape index (κ2) is 10.2. The lowest BCUT2D eigenvalue weighted by Gasteiger charge is -2.35. The molecule has 0 spiro atoms. The molecule has 1 aliphatic heterocycles. The van der Waals surface area contributed by atoms with E-state index in [-0.39, 0.29) is 12.0 Å². The lowest BCUT2D eigenvalue weighted by atomic mass is 9.90. The van der Waals surface area contributed by atoms with Gasteiger partial charge in [-0.3, -0.25) is 4.72 Å². The zero-order valence-electron chi connectivity index (χ0n) is 17.9. The van der Waals surface area contributed by atoms with Gasteiger partial charge in [-0.1, -0.05) is 11.6 Å². The van der Waals surface area contributed by atoms with Crippen molar-refractivity contribution in [3.63, 3.8) is 0 Å². The highest BCUT2D eigenvalue weighted by molar-refractivity contribution is 7.89. The molecule has 1 saturated heterocycles. The van der Waals surface area contributed by atoms with Crippen LogP contribution < -0.4 is 19.7 Å². The van der Waals surface area contributed by atoms with Crippen LogP contribution in [0.2, 0.25) is 5.02 Å². The van der Waals surface area contributed by atoms with Gasteiger partial charge in [0.2, 0.25) is 21.9 Å². The number of guanidine groups is 1. The van der Waals surface area contributed by atoms with E-state index in [9.17, 15) is 8.42 Å². The Kier molecular flexibility index (Phi) is 7.61. The summed E-state index contributed by atoms with van der Waals surface area (Å²) in [6.45, 7) is 3.79. The minimum atomic E-state index is -3.47. The van der Waals surface area contributed by atoms with Crippen LogP contribution in [0, 0.1) is 5.92 Å². The van der Waals surface area contributed by atoms with E-state index in [4.69, 9.17) is 16.3 Å². The van der Waals surface area contributed by atoms with Crippen molar-refractivity contribution in [2.45, 2.75) is 25.8 Å². The molecule has 1 unspecified atom stereocenters. The number of aliphatic imine (C=N–C) groups is 1. The van der Waals surface area contributed by atoms with E-state index in [0.717, 1.165) is 37.9 Å². The number of piperidine rings is 1. The number of hydrogen-bond acceptors (Lipinski definition) is 6. The Labute approximate surface area is 188 Å². The minimum Gasteiger partial charge on any atom is -0.481 e. The number of benzene rings is 1. The molecule has 0 amide bonds. The van der Waals surface area contributed by atoms with Crippen molar-refractivity contribution in [2.75, 3.05) is 36.7 Å². The van der Waals surface area contributed by atoms with Crippen molar-refractivity contribution in [2.24, 2.45) is 10.9 Å². The van der Waals surface area contributed by atoms with Crippen LogP contribution in [0.1, 0.15) is 19.8 Å². The van der Waals surface area contributed by atoms with E-state index in [0.29, 0.717) is 22.5 Å². The molecule has 168 valence electrons. The summed E-state index contributed by atoms with van der Waals surface area (Å²) in [7, 11) is -1.87. The molecule has 31 heavy (non-hydrogen) atoms. The molecule has 1 fully saturated rings. The predicted molar refractivity (Wildman–Crippen MR) is 126 cm³/mol. The largest absolute Gasteiger partial charge is 0.481 e. The van der Waals surface area contributed by atoms with Gasteiger partial charge in [0.25, 0.3) is 0 Å². The summed E-state index contributed by atoms with van der Waals surface area (Å²) in [5, 5.41) is 3.65. The van der Waals surface area contributed by atoms with Gasteiger partial charge in [-0.05, 0) is 56.0 Å². The standard InChI is InChI=1S/C21H28ClN5O3S/c1-15(16-10-12-27(13-11-16)19-8-9-20(30-2)23-14-19)24-21(26-31(3,28)29)25-18-6-4-17(22)5-7-18/h4-9,14-16H,10-13H2,1-3H3,(H2,24,25,26). The fraction of sp³-hybridized carbons (Fsp3) is 0.429. The van der Waals surface area contributed by atoms with Crippen LogP contribution in [0.25, 0.3) is 0 Å². The normalized spacial score (nSPS) is 16.6. The number of nitrogens with one attached hydrogen (secondary N) is 2. The van der Waals surface area contributed by atoms with E-state index >= 15 is 0 Å². The van der Waals surface area contributed by atoms with Gasteiger partial charge >= 0.3 is 0 Å².